The maximum atomic E-state index is 7.58. The predicted octanol–water partition coefficient (Wildman–Crippen LogP) is 2.61. The summed E-state index contributed by atoms with van der Waals surface area (Å²) < 4.78 is 0. The van der Waals surface area contributed by atoms with E-state index in [2.05, 4.69) is 11.8 Å². The lowest BCUT2D eigenvalue weighted by Crippen LogP contribution is -2.29. The fourth-order valence-electron chi connectivity index (χ4n) is 2.26. The summed E-state index contributed by atoms with van der Waals surface area (Å²) in [6.45, 7) is 3.21. The maximum absolute atomic E-state index is 7.58. The van der Waals surface area contributed by atoms with Crippen LogP contribution < -0.4 is 10.6 Å². The van der Waals surface area contributed by atoms with Gasteiger partial charge in [-0.05, 0) is 38.0 Å². The van der Waals surface area contributed by atoms with Crippen LogP contribution in [0.2, 0.25) is 5.02 Å². The Balaban J connectivity index is 2.44. The molecule has 0 bridgehead atoms. The van der Waals surface area contributed by atoms with Crippen LogP contribution in [0.4, 0.5) is 5.69 Å². The first-order chi connectivity index (χ1) is 7.59. The monoisotopic (exact) mass is 237 g/mol. The van der Waals surface area contributed by atoms with E-state index in [1.807, 2.05) is 12.1 Å². The first-order valence-electron chi connectivity index (χ1n) is 5.50. The molecule has 3 N–H and O–H groups in total. The number of benzene rings is 1. The van der Waals surface area contributed by atoms with Crippen molar-refractivity contribution in [1.82, 2.24) is 0 Å². The van der Waals surface area contributed by atoms with E-state index < -0.39 is 0 Å². The highest BCUT2D eigenvalue weighted by molar-refractivity contribution is 6.31. The highest BCUT2D eigenvalue weighted by Crippen LogP contribution is 2.30. The molecule has 0 amide bonds. The van der Waals surface area contributed by atoms with Crippen molar-refractivity contribution in [1.29, 1.82) is 5.41 Å². The van der Waals surface area contributed by atoms with Crippen LogP contribution >= 0.6 is 11.6 Å². The summed E-state index contributed by atoms with van der Waals surface area (Å²) in [5, 5.41) is 8.28. The standard InChI is InChI=1S/C12H16ClN3/c1-8-3-2-6-16(8)11-7-9(13)4-5-10(11)12(14)15/h4-5,7-8H,2-3,6H2,1H3,(H3,14,15). The van der Waals surface area contributed by atoms with Crippen LogP contribution in [0, 0.1) is 5.41 Å². The van der Waals surface area contributed by atoms with Gasteiger partial charge < -0.3 is 10.6 Å². The number of nitrogens with two attached hydrogens (primary N) is 1. The molecule has 1 aliphatic heterocycles. The van der Waals surface area contributed by atoms with Crippen molar-refractivity contribution in [2.45, 2.75) is 25.8 Å². The fraction of sp³-hybridized carbons (Fsp3) is 0.417. The van der Waals surface area contributed by atoms with Crippen molar-refractivity contribution in [3.63, 3.8) is 0 Å². The van der Waals surface area contributed by atoms with Gasteiger partial charge in [0.2, 0.25) is 0 Å². The average Bonchev–Trinajstić information content (AvgIpc) is 2.63. The van der Waals surface area contributed by atoms with Crippen LogP contribution in [0.15, 0.2) is 18.2 Å². The molecule has 4 heteroatoms. The van der Waals surface area contributed by atoms with Gasteiger partial charge in [0.1, 0.15) is 5.84 Å². The lowest BCUT2D eigenvalue weighted by atomic mass is 10.1. The second-order valence-electron chi connectivity index (χ2n) is 4.26. The molecule has 1 fully saturated rings. The van der Waals surface area contributed by atoms with E-state index in [1.54, 1.807) is 6.07 Å². The molecule has 2 rings (SSSR count). The molecule has 3 nitrogen and oxygen atoms in total. The Morgan fingerprint density at radius 3 is 2.88 bits per heavy atom. The maximum Gasteiger partial charge on any atom is 0.124 e. The minimum atomic E-state index is 0.103. The second kappa shape index (κ2) is 4.34. The van der Waals surface area contributed by atoms with Crippen molar-refractivity contribution < 1.29 is 0 Å². The highest BCUT2D eigenvalue weighted by Gasteiger charge is 2.23. The van der Waals surface area contributed by atoms with Gasteiger partial charge in [0, 0.05) is 28.9 Å². The number of hydrogen-bond donors (Lipinski definition) is 2. The Kier molecular flexibility index (Phi) is 3.06. The van der Waals surface area contributed by atoms with Crippen molar-refractivity contribution in [2.75, 3.05) is 11.4 Å². The fourth-order valence-corrected chi connectivity index (χ4v) is 2.43. The Morgan fingerprint density at radius 2 is 2.31 bits per heavy atom. The van der Waals surface area contributed by atoms with Gasteiger partial charge in [-0.3, -0.25) is 5.41 Å². The van der Waals surface area contributed by atoms with Crippen molar-refractivity contribution in [3.05, 3.63) is 28.8 Å². The molecule has 0 aromatic heterocycles. The van der Waals surface area contributed by atoms with Crippen LogP contribution in [0.1, 0.15) is 25.3 Å². The molecule has 1 heterocycles. The van der Waals surface area contributed by atoms with E-state index >= 15 is 0 Å². The largest absolute Gasteiger partial charge is 0.384 e. The van der Waals surface area contributed by atoms with Crippen LogP contribution in [-0.4, -0.2) is 18.4 Å². The summed E-state index contributed by atoms with van der Waals surface area (Å²) in [5.74, 6) is 0.103. The van der Waals surface area contributed by atoms with Gasteiger partial charge in [-0.15, -0.1) is 0 Å². The van der Waals surface area contributed by atoms with E-state index in [0.29, 0.717) is 11.1 Å². The Bertz CT molecular complexity index is 417. The summed E-state index contributed by atoms with van der Waals surface area (Å²) >= 11 is 6.01. The van der Waals surface area contributed by atoms with Gasteiger partial charge in [0.25, 0.3) is 0 Å². The van der Waals surface area contributed by atoms with E-state index in [1.165, 1.54) is 12.8 Å². The molecule has 1 atom stereocenters. The lowest BCUT2D eigenvalue weighted by Gasteiger charge is -2.26. The number of amidine groups is 1. The number of anilines is 1. The van der Waals surface area contributed by atoms with Crippen LogP contribution in [-0.2, 0) is 0 Å². The molecule has 0 radical (unpaired) electrons. The molecule has 1 aromatic rings. The van der Waals surface area contributed by atoms with E-state index in [9.17, 15) is 0 Å². The second-order valence-corrected chi connectivity index (χ2v) is 4.70. The van der Waals surface area contributed by atoms with Crippen molar-refractivity contribution >= 4 is 23.1 Å². The van der Waals surface area contributed by atoms with Gasteiger partial charge >= 0.3 is 0 Å². The minimum absolute atomic E-state index is 0.103. The third kappa shape index (κ3) is 2.00. The Labute approximate surface area is 101 Å². The molecular formula is C12H16ClN3. The molecule has 1 aliphatic rings. The van der Waals surface area contributed by atoms with Gasteiger partial charge in [-0.2, -0.15) is 0 Å². The third-order valence-corrected chi connectivity index (χ3v) is 3.35. The highest BCUT2D eigenvalue weighted by atomic mass is 35.5. The summed E-state index contributed by atoms with van der Waals surface area (Å²) in [6.07, 6.45) is 2.37. The molecule has 0 saturated carbocycles. The first kappa shape index (κ1) is 11.3. The van der Waals surface area contributed by atoms with Gasteiger partial charge in [-0.1, -0.05) is 11.6 Å². The van der Waals surface area contributed by atoms with Crippen molar-refractivity contribution in [3.8, 4) is 0 Å². The van der Waals surface area contributed by atoms with E-state index in [0.717, 1.165) is 17.8 Å². The Hall–Kier alpha value is -1.22. The zero-order valence-electron chi connectivity index (χ0n) is 9.33. The van der Waals surface area contributed by atoms with E-state index in [4.69, 9.17) is 22.7 Å². The molecular weight excluding hydrogens is 222 g/mol. The van der Waals surface area contributed by atoms with Gasteiger partial charge in [0.15, 0.2) is 0 Å². The zero-order valence-corrected chi connectivity index (χ0v) is 10.1. The molecule has 0 spiro atoms. The minimum Gasteiger partial charge on any atom is -0.384 e. The van der Waals surface area contributed by atoms with Gasteiger partial charge in [-0.25, -0.2) is 0 Å². The zero-order chi connectivity index (χ0) is 11.7. The van der Waals surface area contributed by atoms with E-state index in [-0.39, 0.29) is 5.84 Å². The average molecular weight is 238 g/mol. The van der Waals surface area contributed by atoms with Crippen LogP contribution in [0.25, 0.3) is 0 Å². The predicted molar refractivity (Wildman–Crippen MR) is 68.5 cm³/mol. The number of nitrogen functional groups attached to an aromatic ring is 1. The number of hydrogen-bond acceptors (Lipinski definition) is 2. The molecule has 1 aromatic carbocycles. The number of rotatable bonds is 2. The Morgan fingerprint density at radius 1 is 1.56 bits per heavy atom. The number of nitrogens with zero attached hydrogens (tertiary/aromatic N) is 1. The summed E-state index contributed by atoms with van der Waals surface area (Å²) in [7, 11) is 0. The summed E-state index contributed by atoms with van der Waals surface area (Å²) in [5.41, 5.74) is 7.36. The lowest BCUT2D eigenvalue weighted by molar-refractivity contribution is 0.734. The smallest absolute Gasteiger partial charge is 0.124 e. The molecule has 16 heavy (non-hydrogen) atoms. The number of nitrogens with one attached hydrogen (secondary N) is 1. The summed E-state index contributed by atoms with van der Waals surface area (Å²) in [6, 6.07) is 6.00. The van der Waals surface area contributed by atoms with Gasteiger partial charge in [0.05, 0.1) is 0 Å². The summed E-state index contributed by atoms with van der Waals surface area (Å²) in [4.78, 5) is 2.28. The topological polar surface area (TPSA) is 53.1 Å². The first-order valence-corrected chi connectivity index (χ1v) is 5.88. The quantitative estimate of drug-likeness (QED) is 0.614. The van der Waals surface area contributed by atoms with Crippen LogP contribution in [0.3, 0.4) is 0 Å². The molecule has 1 unspecified atom stereocenters. The third-order valence-electron chi connectivity index (χ3n) is 3.11. The normalized spacial score (nSPS) is 20.1. The molecule has 1 saturated heterocycles. The number of halogens is 1. The van der Waals surface area contributed by atoms with Crippen LogP contribution in [0.5, 0.6) is 0 Å². The molecule has 0 aliphatic carbocycles. The molecule has 86 valence electrons. The SMILES string of the molecule is CC1CCCN1c1cc(Cl)ccc1C(=N)N. The van der Waals surface area contributed by atoms with Crippen molar-refractivity contribution in [2.24, 2.45) is 5.73 Å².